The molecule has 1 fully saturated rings. The standard InChI is InChI=1S/C12H16BrN3O/c13-10-4-5-14-11(8-10)15-12(17)9-16-6-2-1-3-7-16/h4-5,8H,1-3,6-7,9H2,(H,14,15,17). The number of hydrogen-bond acceptors (Lipinski definition) is 3. The molecule has 1 aliphatic heterocycles. The number of piperidine rings is 1. The molecule has 2 rings (SSSR count). The highest BCUT2D eigenvalue weighted by Crippen LogP contribution is 2.13. The van der Waals surface area contributed by atoms with Crippen LogP contribution in [0.4, 0.5) is 5.82 Å². The van der Waals surface area contributed by atoms with E-state index in [1.807, 2.05) is 6.07 Å². The molecule has 0 radical (unpaired) electrons. The van der Waals surface area contributed by atoms with E-state index in [1.165, 1.54) is 19.3 Å². The van der Waals surface area contributed by atoms with Gasteiger partial charge in [-0.15, -0.1) is 0 Å². The second kappa shape index (κ2) is 6.12. The fourth-order valence-corrected chi connectivity index (χ4v) is 2.31. The maximum atomic E-state index is 11.8. The van der Waals surface area contributed by atoms with E-state index < -0.39 is 0 Å². The Morgan fingerprint density at radius 3 is 2.88 bits per heavy atom. The van der Waals surface area contributed by atoms with Crippen LogP contribution in [-0.2, 0) is 4.79 Å². The summed E-state index contributed by atoms with van der Waals surface area (Å²) in [5.41, 5.74) is 0. The summed E-state index contributed by atoms with van der Waals surface area (Å²) in [5, 5.41) is 2.81. The first-order valence-electron chi connectivity index (χ1n) is 5.88. The highest BCUT2D eigenvalue weighted by molar-refractivity contribution is 9.10. The van der Waals surface area contributed by atoms with Crippen molar-refractivity contribution in [1.82, 2.24) is 9.88 Å². The molecule has 2 heterocycles. The van der Waals surface area contributed by atoms with Crippen molar-refractivity contribution in [3.05, 3.63) is 22.8 Å². The molecule has 1 aromatic rings. The van der Waals surface area contributed by atoms with Gasteiger partial charge in [-0.05, 0) is 38.1 Å². The van der Waals surface area contributed by atoms with E-state index in [0.29, 0.717) is 12.4 Å². The maximum absolute atomic E-state index is 11.8. The molecule has 0 aromatic carbocycles. The smallest absolute Gasteiger partial charge is 0.239 e. The number of amides is 1. The number of aromatic nitrogens is 1. The predicted octanol–water partition coefficient (Wildman–Crippen LogP) is 2.27. The second-order valence-electron chi connectivity index (χ2n) is 4.24. The Labute approximate surface area is 110 Å². The summed E-state index contributed by atoms with van der Waals surface area (Å²) in [5.74, 6) is 0.610. The van der Waals surface area contributed by atoms with Gasteiger partial charge in [0.15, 0.2) is 0 Å². The van der Waals surface area contributed by atoms with Gasteiger partial charge in [-0.1, -0.05) is 22.4 Å². The lowest BCUT2D eigenvalue weighted by Gasteiger charge is -2.25. The van der Waals surface area contributed by atoms with Crippen molar-refractivity contribution in [1.29, 1.82) is 0 Å². The van der Waals surface area contributed by atoms with Crippen molar-refractivity contribution < 1.29 is 4.79 Å². The Balaban J connectivity index is 1.84. The Kier molecular flexibility index (Phi) is 4.50. The molecule has 1 aromatic heterocycles. The average Bonchev–Trinajstić information content (AvgIpc) is 2.30. The Bertz CT molecular complexity index is 391. The minimum atomic E-state index is 0.0116. The fourth-order valence-electron chi connectivity index (χ4n) is 1.98. The molecule has 17 heavy (non-hydrogen) atoms. The number of carbonyl (C=O) groups excluding carboxylic acids is 1. The van der Waals surface area contributed by atoms with Crippen molar-refractivity contribution in [2.75, 3.05) is 25.0 Å². The average molecular weight is 298 g/mol. The van der Waals surface area contributed by atoms with Crippen molar-refractivity contribution >= 4 is 27.7 Å². The summed E-state index contributed by atoms with van der Waals surface area (Å²) < 4.78 is 0.917. The second-order valence-corrected chi connectivity index (χ2v) is 5.16. The molecule has 92 valence electrons. The van der Waals surface area contributed by atoms with Crippen LogP contribution < -0.4 is 5.32 Å². The molecular weight excluding hydrogens is 282 g/mol. The molecule has 0 aliphatic carbocycles. The lowest BCUT2D eigenvalue weighted by atomic mass is 10.1. The summed E-state index contributed by atoms with van der Waals surface area (Å²) in [7, 11) is 0. The van der Waals surface area contributed by atoms with Crippen LogP contribution in [0.1, 0.15) is 19.3 Å². The van der Waals surface area contributed by atoms with Crippen LogP contribution in [-0.4, -0.2) is 35.4 Å². The molecule has 5 heteroatoms. The van der Waals surface area contributed by atoms with Crippen molar-refractivity contribution in [3.8, 4) is 0 Å². The van der Waals surface area contributed by atoms with E-state index >= 15 is 0 Å². The van der Waals surface area contributed by atoms with Gasteiger partial charge >= 0.3 is 0 Å². The van der Waals surface area contributed by atoms with Gasteiger partial charge in [0, 0.05) is 10.7 Å². The largest absolute Gasteiger partial charge is 0.310 e. The number of hydrogen-bond donors (Lipinski definition) is 1. The van der Waals surface area contributed by atoms with Crippen molar-refractivity contribution in [2.45, 2.75) is 19.3 Å². The molecule has 1 N–H and O–H groups in total. The fraction of sp³-hybridized carbons (Fsp3) is 0.500. The summed E-state index contributed by atoms with van der Waals surface area (Å²) in [4.78, 5) is 18.1. The van der Waals surface area contributed by atoms with Crippen LogP contribution in [0.25, 0.3) is 0 Å². The van der Waals surface area contributed by atoms with E-state index in [4.69, 9.17) is 0 Å². The van der Waals surface area contributed by atoms with Gasteiger partial charge in [0.2, 0.25) is 5.91 Å². The van der Waals surface area contributed by atoms with E-state index in [9.17, 15) is 4.79 Å². The lowest BCUT2D eigenvalue weighted by molar-refractivity contribution is -0.117. The van der Waals surface area contributed by atoms with Crippen molar-refractivity contribution in [3.63, 3.8) is 0 Å². The molecule has 0 atom stereocenters. The Hall–Kier alpha value is -0.940. The molecule has 0 saturated carbocycles. The molecule has 0 unspecified atom stereocenters. The Morgan fingerprint density at radius 2 is 2.18 bits per heavy atom. The number of anilines is 1. The zero-order valence-electron chi connectivity index (χ0n) is 9.66. The van der Waals surface area contributed by atoms with E-state index in [0.717, 1.165) is 17.6 Å². The molecule has 1 aliphatic rings. The quantitative estimate of drug-likeness (QED) is 0.931. The van der Waals surface area contributed by atoms with Gasteiger partial charge in [-0.3, -0.25) is 9.69 Å². The SMILES string of the molecule is O=C(CN1CCCCC1)Nc1cc(Br)ccn1. The zero-order chi connectivity index (χ0) is 12.1. The van der Waals surface area contributed by atoms with Crippen LogP contribution in [0.3, 0.4) is 0 Å². The third-order valence-electron chi connectivity index (χ3n) is 2.81. The first-order valence-corrected chi connectivity index (χ1v) is 6.67. The van der Waals surface area contributed by atoms with Gasteiger partial charge in [-0.2, -0.15) is 0 Å². The number of pyridine rings is 1. The normalized spacial score (nSPS) is 16.8. The third kappa shape index (κ3) is 4.09. The van der Waals surface area contributed by atoms with Gasteiger partial charge in [0.05, 0.1) is 6.54 Å². The van der Waals surface area contributed by atoms with Crippen LogP contribution in [0.5, 0.6) is 0 Å². The summed E-state index contributed by atoms with van der Waals surface area (Å²) >= 11 is 3.35. The minimum absolute atomic E-state index is 0.0116. The third-order valence-corrected chi connectivity index (χ3v) is 3.30. The summed E-state index contributed by atoms with van der Waals surface area (Å²) in [6, 6.07) is 3.63. The van der Waals surface area contributed by atoms with E-state index in [1.54, 1.807) is 12.3 Å². The minimum Gasteiger partial charge on any atom is -0.310 e. The van der Waals surface area contributed by atoms with Gasteiger partial charge < -0.3 is 5.32 Å². The number of nitrogens with one attached hydrogen (secondary N) is 1. The van der Waals surface area contributed by atoms with Gasteiger partial charge in [0.1, 0.15) is 5.82 Å². The number of carbonyl (C=O) groups is 1. The van der Waals surface area contributed by atoms with Crippen LogP contribution in [0, 0.1) is 0 Å². The van der Waals surface area contributed by atoms with Crippen LogP contribution >= 0.6 is 15.9 Å². The topological polar surface area (TPSA) is 45.2 Å². The number of rotatable bonds is 3. The molecule has 4 nitrogen and oxygen atoms in total. The zero-order valence-corrected chi connectivity index (χ0v) is 11.2. The molecule has 1 saturated heterocycles. The first-order chi connectivity index (χ1) is 8.24. The maximum Gasteiger partial charge on any atom is 0.239 e. The number of nitrogens with zero attached hydrogens (tertiary/aromatic N) is 2. The molecule has 1 amide bonds. The highest BCUT2D eigenvalue weighted by atomic mass is 79.9. The molecule has 0 bridgehead atoms. The van der Waals surface area contributed by atoms with Gasteiger partial charge in [0.25, 0.3) is 0 Å². The van der Waals surface area contributed by atoms with E-state index in [2.05, 4.69) is 31.1 Å². The molecular formula is C12H16BrN3O. The number of halogens is 1. The van der Waals surface area contributed by atoms with Crippen molar-refractivity contribution in [2.24, 2.45) is 0 Å². The monoisotopic (exact) mass is 297 g/mol. The Morgan fingerprint density at radius 1 is 1.41 bits per heavy atom. The van der Waals surface area contributed by atoms with Crippen LogP contribution in [0.2, 0.25) is 0 Å². The molecule has 0 spiro atoms. The van der Waals surface area contributed by atoms with E-state index in [-0.39, 0.29) is 5.91 Å². The van der Waals surface area contributed by atoms with Gasteiger partial charge in [-0.25, -0.2) is 4.98 Å². The number of likely N-dealkylation sites (tertiary alicyclic amines) is 1. The summed E-state index contributed by atoms with van der Waals surface area (Å²) in [6.45, 7) is 2.52. The summed E-state index contributed by atoms with van der Waals surface area (Å²) in [6.07, 6.45) is 5.34. The predicted molar refractivity (Wildman–Crippen MR) is 70.9 cm³/mol. The highest BCUT2D eigenvalue weighted by Gasteiger charge is 2.13. The lowest BCUT2D eigenvalue weighted by Crippen LogP contribution is -2.36. The van der Waals surface area contributed by atoms with Crippen LogP contribution in [0.15, 0.2) is 22.8 Å². The first kappa shape index (κ1) is 12.5.